The molecule has 4 amide bonds. The van der Waals surface area contributed by atoms with Gasteiger partial charge in [-0.15, -0.1) is 0 Å². The summed E-state index contributed by atoms with van der Waals surface area (Å²) in [4.78, 5) is 36.0. The van der Waals surface area contributed by atoms with Crippen LogP contribution in [0.4, 0.5) is 10.5 Å². The van der Waals surface area contributed by atoms with Crippen LogP contribution in [0.5, 0.6) is 0 Å². The number of benzene rings is 1. The van der Waals surface area contributed by atoms with E-state index in [1.807, 2.05) is 19.1 Å². The quantitative estimate of drug-likeness (QED) is 0.821. The van der Waals surface area contributed by atoms with Crippen molar-refractivity contribution in [2.45, 2.75) is 19.9 Å². The summed E-state index contributed by atoms with van der Waals surface area (Å²) in [7, 11) is 0. The predicted molar refractivity (Wildman–Crippen MR) is 77.2 cm³/mol. The zero-order valence-corrected chi connectivity index (χ0v) is 12.7. The van der Waals surface area contributed by atoms with Crippen molar-refractivity contribution in [3.05, 3.63) is 28.2 Å². The number of amides is 4. The standard InChI is InChI=1S/C13H14BrN3O3/c1-7-3-4-10(9(14)5-7)16-11(18)6-17-12(19)8(2)15-13(17)20/h3-5,8H,6H2,1-2H3,(H,15,20)(H,16,18)/t8-/m0/s1. The second kappa shape index (κ2) is 5.62. The van der Waals surface area contributed by atoms with Crippen molar-refractivity contribution in [1.82, 2.24) is 10.2 Å². The zero-order chi connectivity index (χ0) is 14.9. The first-order valence-corrected chi connectivity index (χ1v) is 6.85. The molecule has 1 saturated heterocycles. The number of hydrogen-bond donors (Lipinski definition) is 2. The summed E-state index contributed by atoms with van der Waals surface area (Å²) in [6.45, 7) is 3.22. The molecule has 0 spiro atoms. The second-order valence-corrected chi connectivity index (χ2v) is 5.48. The maximum atomic E-state index is 11.9. The molecule has 2 rings (SSSR count). The molecule has 1 aromatic rings. The molecule has 0 unspecified atom stereocenters. The molecule has 1 heterocycles. The van der Waals surface area contributed by atoms with Gasteiger partial charge in [-0.2, -0.15) is 0 Å². The van der Waals surface area contributed by atoms with Gasteiger partial charge in [-0.1, -0.05) is 6.07 Å². The Hall–Kier alpha value is -1.89. The highest BCUT2D eigenvalue weighted by Gasteiger charge is 2.36. The molecule has 1 aliphatic rings. The van der Waals surface area contributed by atoms with Crippen LogP contribution in [0.1, 0.15) is 12.5 Å². The highest BCUT2D eigenvalue weighted by atomic mass is 79.9. The molecule has 20 heavy (non-hydrogen) atoms. The van der Waals surface area contributed by atoms with Gasteiger partial charge < -0.3 is 10.6 Å². The Kier molecular flexibility index (Phi) is 4.08. The van der Waals surface area contributed by atoms with Gasteiger partial charge in [0.15, 0.2) is 0 Å². The summed E-state index contributed by atoms with van der Waals surface area (Å²) >= 11 is 3.35. The van der Waals surface area contributed by atoms with E-state index in [4.69, 9.17) is 0 Å². The van der Waals surface area contributed by atoms with E-state index in [0.29, 0.717) is 5.69 Å². The highest BCUT2D eigenvalue weighted by Crippen LogP contribution is 2.23. The van der Waals surface area contributed by atoms with Crippen LogP contribution in [0, 0.1) is 6.92 Å². The van der Waals surface area contributed by atoms with E-state index < -0.39 is 23.9 Å². The van der Waals surface area contributed by atoms with Crippen molar-refractivity contribution in [3.8, 4) is 0 Å². The average Bonchev–Trinajstić information content (AvgIpc) is 2.60. The molecular weight excluding hydrogens is 326 g/mol. The Morgan fingerprint density at radius 1 is 1.45 bits per heavy atom. The van der Waals surface area contributed by atoms with Gasteiger partial charge >= 0.3 is 6.03 Å². The van der Waals surface area contributed by atoms with E-state index in [-0.39, 0.29) is 6.54 Å². The lowest BCUT2D eigenvalue weighted by atomic mass is 10.2. The first-order chi connectivity index (χ1) is 9.38. The third-order valence-corrected chi connectivity index (χ3v) is 3.58. The number of rotatable bonds is 3. The van der Waals surface area contributed by atoms with Gasteiger partial charge in [0.1, 0.15) is 12.6 Å². The highest BCUT2D eigenvalue weighted by molar-refractivity contribution is 9.10. The molecule has 1 aliphatic heterocycles. The van der Waals surface area contributed by atoms with Crippen LogP contribution in [0.3, 0.4) is 0 Å². The Bertz CT molecular complexity index is 588. The minimum atomic E-state index is -0.582. The minimum absolute atomic E-state index is 0.296. The summed E-state index contributed by atoms with van der Waals surface area (Å²) in [5, 5.41) is 5.11. The normalized spacial score (nSPS) is 18.1. The third-order valence-electron chi connectivity index (χ3n) is 2.92. The van der Waals surface area contributed by atoms with Crippen LogP contribution < -0.4 is 10.6 Å². The Balaban J connectivity index is 2.03. The largest absolute Gasteiger partial charge is 0.326 e. The second-order valence-electron chi connectivity index (χ2n) is 4.63. The fourth-order valence-electron chi connectivity index (χ4n) is 1.86. The monoisotopic (exact) mass is 339 g/mol. The van der Waals surface area contributed by atoms with E-state index in [1.54, 1.807) is 13.0 Å². The van der Waals surface area contributed by atoms with E-state index in [2.05, 4.69) is 26.6 Å². The van der Waals surface area contributed by atoms with Crippen LogP contribution in [-0.4, -0.2) is 35.3 Å². The predicted octanol–water partition coefficient (Wildman–Crippen LogP) is 1.64. The van der Waals surface area contributed by atoms with Crippen LogP contribution in [0.2, 0.25) is 0 Å². The number of hydrogen-bond acceptors (Lipinski definition) is 3. The summed E-state index contributed by atoms with van der Waals surface area (Å²) in [5.74, 6) is -0.819. The molecule has 6 nitrogen and oxygen atoms in total. The van der Waals surface area contributed by atoms with Gasteiger partial charge in [-0.05, 0) is 47.5 Å². The van der Waals surface area contributed by atoms with Gasteiger partial charge in [0.05, 0.1) is 5.69 Å². The third kappa shape index (κ3) is 2.98. The van der Waals surface area contributed by atoms with Crippen molar-refractivity contribution in [2.75, 3.05) is 11.9 Å². The first-order valence-electron chi connectivity index (χ1n) is 6.06. The Morgan fingerprint density at radius 3 is 2.70 bits per heavy atom. The van der Waals surface area contributed by atoms with E-state index in [0.717, 1.165) is 14.9 Å². The van der Waals surface area contributed by atoms with E-state index in [1.165, 1.54) is 0 Å². The maximum Gasteiger partial charge on any atom is 0.325 e. The summed E-state index contributed by atoms with van der Waals surface area (Å²) in [6, 6.07) is 4.36. The molecule has 2 N–H and O–H groups in total. The Labute approximate surface area is 124 Å². The van der Waals surface area contributed by atoms with Crippen molar-refractivity contribution < 1.29 is 14.4 Å². The number of aryl methyl sites for hydroxylation is 1. The Morgan fingerprint density at radius 2 is 2.15 bits per heavy atom. The molecule has 0 saturated carbocycles. The molecule has 0 aromatic heterocycles. The topological polar surface area (TPSA) is 78.5 Å². The maximum absolute atomic E-state index is 11.9. The number of nitrogens with zero attached hydrogens (tertiary/aromatic N) is 1. The van der Waals surface area contributed by atoms with Gasteiger partial charge in [0.25, 0.3) is 5.91 Å². The average molecular weight is 340 g/mol. The summed E-state index contributed by atoms with van der Waals surface area (Å²) in [5.41, 5.74) is 1.65. The number of halogens is 1. The molecule has 0 bridgehead atoms. The van der Waals surface area contributed by atoms with Gasteiger partial charge in [0.2, 0.25) is 5.91 Å². The van der Waals surface area contributed by atoms with Gasteiger partial charge in [-0.3, -0.25) is 14.5 Å². The van der Waals surface area contributed by atoms with Crippen molar-refractivity contribution in [1.29, 1.82) is 0 Å². The van der Waals surface area contributed by atoms with Crippen LogP contribution in [0.25, 0.3) is 0 Å². The molecule has 0 aliphatic carbocycles. The SMILES string of the molecule is Cc1ccc(NC(=O)CN2C(=O)N[C@@H](C)C2=O)c(Br)c1. The van der Waals surface area contributed by atoms with E-state index >= 15 is 0 Å². The summed E-state index contributed by atoms with van der Waals surface area (Å²) in [6.07, 6.45) is 0. The van der Waals surface area contributed by atoms with Crippen molar-refractivity contribution in [3.63, 3.8) is 0 Å². The summed E-state index contributed by atoms with van der Waals surface area (Å²) < 4.78 is 0.747. The molecule has 7 heteroatoms. The van der Waals surface area contributed by atoms with Crippen LogP contribution in [-0.2, 0) is 9.59 Å². The van der Waals surface area contributed by atoms with E-state index in [9.17, 15) is 14.4 Å². The van der Waals surface area contributed by atoms with Gasteiger partial charge in [-0.25, -0.2) is 4.79 Å². The lowest BCUT2D eigenvalue weighted by Gasteiger charge is -2.13. The number of urea groups is 1. The molecule has 106 valence electrons. The van der Waals surface area contributed by atoms with Crippen molar-refractivity contribution in [2.24, 2.45) is 0 Å². The zero-order valence-electron chi connectivity index (χ0n) is 11.1. The lowest BCUT2D eigenvalue weighted by molar-refractivity contribution is -0.130. The van der Waals surface area contributed by atoms with Crippen LogP contribution >= 0.6 is 15.9 Å². The van der Waals surface area contributed by atoms with Crippen molar-refractivity contribution >= 4 is 39.5 Å². The lowest BCUT2D eigenvalue weighted by Crippen LogP contribution is -2.38. The number of anilines is 1. The number of nitrogens with one attached hydrogen (secondary N) is 2. The molecule has 1 aromatic carbocycles. The molecular formula is C13H14BrN3O3. The fourth-order valence-corrected chi connectivity index (χ4v) is 2.46. The van der Waals surface area contributed by atoms with Gasteiger partial charge in [0, 0.05) is 4.47 Å². The number of carbonyl (C=O) groups excluding carboxylic acids is 3. The smallest absolute Gasteiger partial charge is 0.325 e. The fraction of sp³-hybridized carbons (Fsp3) is 0.308. The number of carbonyl (C=O) groups is 3. The van der Waals surface area contributed by atoms with Crippen LogP contribution in [0.15, 0.2) is 22.7 Å². The number of imide groups is 1. The minimum Gasteiger partial charge on any atom is -0.326 e. The molecule has 1 fully saturated rings. The molecule has 1 atom stereocenters. The first kappa shape index (κ1) is 14.5. The molecule has 0 radical (unpaired) electrons.